The van der Waals surface area contributed by atoms with Crippen LogP contribution < -0.4 is 9.47 Å². The minimum atomic E-state index is -0.609. The summed E-state index contributed by atoms with van der Waals surface area (Å²) < 4.78 is 16.0. The third-order valence-electron chi connectivity index (χ3n) is 4.11. The van der Waals surface area contributed by atoms with Gasteiger partial charge in [0.2, 0.25) is 5.90 Å². The highest BCUT2D eigenvalue weighted by atomic mass is 16.6. The topological polar surface area (TPSA) is 100 Å². The predicted molar refractivity (Wildman–Crippen MR) is 107 cm³/mol. The summed E-state index contributed by atoms with van der Waals surface area (Å²) in [5.41, 5.74) is 1.70. The number of hydrogen-bond donors (Lipinski definition) is 0. The number of ether oxygens (including phenoxy) is 3. The molecule has 0 atom stereocenters. The molecule has 3 rings (SSSR count). The Morgan fingerprint density at radius 2 is 2.03 bits per heavy atom. The number of nitrogens with zero attached hydrogens (tertiary/aromatic N) is 2. The van der Waals surface area contributed by atoms with Crippen molar-refractivity contribution in [1.29, 1.82) is 0 Å². The van der Waals surface area contributed by atoms with Crippen molar-refractivity contribution in [1.82, 2.24) is 0 Å². The number of esters is 1. The van der Waals surface area contributed by atoms with E-state index in [2.05, 4.69) is 11.6 Å². The zero-order chi connectivity index (χ0) is 21.0. The lowest BCUT2D eigenvalue weighted by molar-refractivity contribution is -0.385. The average Bonchev–Trinajstić information content (AvgIpc) is 3.06. The van der Waals surface area contributed by atoms with Crippen molar-refractivity contribution < 1.29 is 23.9 Å². The van der Waals surface area contributed by atoms with Gasteiger partial charge in [0.25, 0.3) is 5.69 Å². The van der Waals surface area contributed by atoms with Crippen molar-refractivity contribution in [2.45, 2.75) is 6.92 Å². The maximum absolute atomic E-state index is 12.2. The molecule has 0 unspecified atom stereocenters. The molecule has 0 saturated heterocycles. The lowest BCUT2D eigenvalue weighted by atomic mass is 10.1. The smallest absolute Gasteiger partial charge is 0.363 e. The molecule has 148 valence electrons. The number of aliphatic imine (C=N–C) groups is 1. The number of cyclic esters (lactones) is 1. The van der Waals surface area contributed by atoms with E-state index in [0.717, 1.165) is 0 Å². The molecule has 0 N–H and O–H groups in total. The van der Waals surface area contributed by atoms with E-state index >= 15 is 0 Å². The zero-order valence-electron chi connectivity index (χ0n) is 15.9. The Kier molecular flexibility index (Phi) is 5.73. The molecule has 0 spiro atoms. The summed E-state index contributed by atoms with van der Waals surface area (Å²) in [7, 11) is 1.52. The normalized spacial score (nSPS) is 14.3. The predicted octanol–water partition coefficient (Wildman–Crippen LogP) is 3.82. The Labute approximate surface area is 166 Å². The van der Waals surface area contributed by atoms with Crippen LogP contribution in [0.2, 0.25) is 0 Å². The van der Waals surface area contributed by atoms with Crippen molar-refractivity contribution in [3.63, 3.8) is 0 Å². The fourth-order valence-electron chi connectivity index (χ4n) is 2.73. The number of nitro benzene ring substituents is 1. The molecule has 0 bridgehead atoms. The third kappa shape index (κ3) is 4.32. The van der Waals surface area contributed by atoms with Crippen LogP contribution >= 0.6 is 0 Å². The second-order valence-corrected chi connectivity index (χ2v) is 6.10. The summed E-state index contributed by atoms with van der Waals surface area (Å²) >= 11 is 0. The van der Waals surface area contributed by atoms with E-state index < -0.39 is 10.9 Å². The molecular weight excluding hydrogens is 376 g/mol. The summed E-state index contributed by atoms with van der Waals surface area (Å²) in [4.78, 5) is 26.9. The van der Waals surface area contributed by atoms with Gasteiger partial charge >= 0.3 is 5.97 Å². The van der Waals surface area contributed by atoms with Gasteiger partial charge in [-0.2, -0.15) is 0 Å². The largest absolute Gasteiger partial charge is 0.493 e. The van der Waals surface area contributed by atoms with Gasteiger partial charge in [0.15, 0.2) is 17.2 Å². The molecule has 0 radical (unpaired) electrons. The maximum atomic E-state index is 12.2. The third-order valence-corrected chi connectivity index (χ3v) is 4.11. The Balaban J connectivity index is 1.89. The molecule has 8 nitrogen and oxygen atoms in total. The van der Waals surface area contributed by atoms with Crippen LogP contribution in [-0.2, 0) is 9.53 Å². The maximum Gasteiger partial charge on any atom is 0.363 e. The van der Waals surface area contributed by atoms with Crippen LogP contribution in [-0.4, -0.2) is 30.5 Å². The van der Waals surface area contributed by atoms with Gasteiger partial charge in [0.1, 0.15) is 6.61 Å². The molecule has 0 saturated carbocycles. The Hall–Kier alpha value is -3.94. The molecule has 29 heavy (non-hydrogen) atoms. The minimum Gasteiger partial charge on any atom is -0.493 e. The van der Waals surface area contributed by atoms with Gasteiger partial charge in [-0.1, -0.05) is 18.7 Å². The van der Waals surface area contributed by atoms with Crippen molar-refractivity contribution in [2.75, 3.05) is 13.7 Å². The fraction of sp³-hybridized carbons (Fsp3) is 0.143. The minimum absolute atomic E-state index is 0.0136. The second kappa shape index (κ2) is 8.39. The van der Waals surface area contributed by atoms with Gasteiger partial charge in [-0.3, -0.25) is 10.1 Å². The van der Waals surface area contributed by atoms with Crippen LogP contribution in [0.3, 0.4) is 0 Å². The number of hydrogen-bond acceptors (Lipinski definition) is 7. The second-order valence-electron chi connectivity index (χ2n) is 6.10. The molecule has 0 aromatic heterocycles. The summed E-state index contributed by atoms with van der Waals surface area (Å²) in [5.74, 6) is 0.538. The molecule has 2 aromatic rings. The van der Waals surface area contributed by atoms with E-state index in [1.54, 1.807) is 43.3 Å². The van der Waals surface area contributed by atoms with Gasteiger partial charge < -0.3 is 14.2 Å². The quantitative estimate of drug-likeness (QED) is 0.233. The molecule has 0 amide bonds. The van der Waals surface area contributed by atoms with E-state index in [-0.39, 0.29) is 17.3 Å². The first-order chi connectivity index (χ1) is 13.9. The molecule has 2 aromatic carbocycles. The van der Waals surface area contributed by atoms with Crippen LogP contribution in [0.1, 0.15) is 16.7 Å². The van der Waals surface area contributed by atoms with Crippen molar-refractivity contribution in [2.24, 2.45) is 4.99 Å². The first kappa shape index (κ1) is 19.8. The number of carbonyl (C=O) groups is 1. The van der Waals surface area contributed by atoms with Crippen molar-refractivity contribution in [3.8, 4) is 11.5 Å². The lowest BCUT2D eigenvalue weighted by Crippen LogP contribution is -2.06. The van der Waals surface area contributed by atoms with Crippen molar-refractivity contribution in [3.05, 3.63) is 81.6 Å². The number of methoxy groups -OCH3 is 1. The lowest BCUT2D eigenvalue weighted by Gasteiger charge is -2.09. The van der Waals surface area contributed by atoms with Crippen LogP contribution in [0.5, 0.6) is 11.5 Å². The first-order valence-electron chi connectivity index (χ1n) is 8.62. The number of nitro groups is 1. The van der Waals surface area contributed by atoms with Crippen LogP contribution in [0.15, 0.2) is 59.7 Å². The highest BCUT2D eigenvalue weighted by Gasteiger charge is 2.25. The Morgan fingerprint density at radius 1 is 1.24 bits per heavy atom. The number of rotatable bonds is 7. The van der Waals surface area contributed by atoms with E-state index in [1.165, 1.54) is 19.2 Å². The number of carbonyl (C=O) groups excluding carboxylic acids is 1. The highest BCUT2D eigenvalue weighted by molar-refractivity contribution is 6.13. The molecule has 1 aliphatic rings. The van der Waals surface area contributed by atoms with E-state index in [1.807, 2.05) is 0 Å². The van der Waals surface area contributed by atoms with Crippen molar-refractivity contribution >= 4 is 23.6 Å². The zero-order valence-corrected chi connectivity index (χ0v) is 15.9. The summed E-state index contributed by atoms with van der Waals surface area (Å²) in [5, 5.41) is 11.0. The number of aryl methyl sites for hydroxylation is 1. The van der Waals surface area contributed by atoms with E-state index in [0.29, 0.717) is 34.8 Å². The summed E-state index contributed by atoms with van der Waals surface area (Å²) in [6, 6.07) is 9.60. The fourth-order valence-corrected chi connectivity index (χ4v) is 2.73. The van der Waals surface area contributed by atoms with Gasteiger partial charge in [0.05, 0.1) is 12.0 Å². The summed E-state index contributed by atoms with van der Waals surface area (Å²) in [6.07, 6.45) is 3.19. The Bertz CT molecular complexity index is 1060. The van der Waals surface area contributed by atoms with E-state index in [9.17, 15) is 14.9 Å². The molecule has 1 heterocycles. The van der Waals surface area contributed by atoms with Gasteiger partial charge in [-0.05, 0) is 42.8 Å². The molecule has 0 aliphatic carbocycles. The van der Waals surface area contributed by atoms with Gasteiger partial charge in [-0.25, -0.2) is 9.79 Å². The molecule has 1 aliphatic heterocycles. The highest BCUT2D eigenvalue weighted by Crippen LogP contribution is 2.30. The van der Waals surface area contributed by atoms with Gasteiger partial charge in [-0.15, -0.1) is 0 Å². The van der Waals surface area contributed by atoms with E-state index in [4.69, 9.17) is 14.2 Å². The Morgan fingerprint density at radius 3 is 2.69 bits per heavy atom. The number of benzene rings is 2. The molecule has 8 heteroatoms. The monoisotopic (exact) mass is 394 g/mol. The summed E-state index contributed by atoms with van der Waals surface area (Å²) in [6.45, 7) is 5.55. The van der Waals surface area contributed by atoms with Crippen LogP contribution in [0, 0.1) is 17.0 Å². The SMILES string of the molecule is C=CCOc1ccc(/C=C2\N=C(c3ccc([N+](=O)[O-])c(C)c3)OC2=O)cc1OC. The first-order valence-corrected chi connectivity index (χ1v) is 8.62. The molecular formula is C21H18N2O6. The van der Waals surface area contributed by atoms with Crippen LogP contribution in [0.25, 0.3) is 6.08 Å². The molecule has 0 fully saturated rings. The standard InChI is InChI=1S/C21H18N2O6/c1-4-9-28-18-8-5-14(12-19(18)27-3)11-16-21(24)29-20(22-16)15-6-7-17(23(25)26)13(2)10-15/h4-8,10-12H,1,9H2,2-3H3/b16-11-. The average molecular weight is 394 g/mol. The van der Waals surface area contributed by atoms with Gasteiger partial charge in [0, 0.05) is 17.2 Å². The van der Waals surface area contributed by atoms with Crippen LogP contribution in [0.4, 0.5) is 5.69 Å².